The van der Waals surface area contributed by atoms with Crippen LogP contribution in [0.25, 0.3) is 0 Å². The highest BCUT2D eigenvalue weighted by Gasteiger charge is 2.13. The molecule has 0 aliphatic carbocycles. The highest BCUT2D eigenvalue weighted by molar-refractivity contribution is 5.42. The average Bonchev–Trinajstić information content (AvgIpc) is 2.41. The van der Waals surface area contributed by atoms with E-state index in [0.29, 0.717) is 0 Å². The summed E-state index contributed by atoms with van der Waals surface area (Å²) in [5.41, 5.74) is 2.47. The van der Waals surface area contributed by atoms with E-state index in [4.69, 9.17) is 4.74 Å². The number of anilines is 1. The van der Waals surface area contributed by atoms with Crippen molar-refractivity contribution >= 4 is 5.82 Å². The van der Waals surface area contributed by atoms with Gasteiger partial charge in [-0.05, 0) is 31.2 Å². The van der Waals surface area contributed by atoms with Crippen molar-refractivity contribution in [2.24, 2.45) is 0 Å². The number of ether oxygens (including phenoxy) is 1. The molecule has 0 unspecified atom stereocenters. The summed E-state index contributed by atoms with van der Waals surface area (Å²) in [4.78, 5) is 6.96. The Labute approximate surface area is 109 Å². The maximum atomic E-state index is 5.16. The summed E-state index contributed by atoms with van der Waals surface area (Å²) in [6.45, 7) is 3.51. The molecule has 2 heterocycles. The summed E-state index contributed by atoms with van der Waals surface area (Å²) < 4.78 is 5.16. The minimum atomic E-state index is 0.751. The van der Waals surface area contributed by atoms with Crippen LogP contribution in [0.2, 0.25) is 0 Å². The second-order valence-electron chi connectivity index (χ2n) is 4.51. The molecule has 0 amide bonds. The van der Waals surface area contributed by atoms with Crippen LogP contribution >= 0.6 is 0 Å². The Morgan fingerprint density at radius 1 is 1.44 bits per heavy atom. The Bertz CT molecular complexity index is 417. The van der Waals surface area contributed by atoms with Gasteiger partial charge >= 0.3 is 0 Å². The number of rotatable bonds is 5. The fourth-order valence-electron chi connectivity index (χ4n) is 2.16. The van der Waals surface area contributed by atoms with Gasteiger partial charge in [0, 0.05) is 26.7 Å². The summed E-state index contributed by atoms with van der Waals surface area (Å²) in [5.74, 6) is 1.07. The summed E-state index contributed by atoms with van der Waals surface area (Å²) in [5, 5.41) is 3.13. The molecule has 4 heteroatoms. The van der Waals surface area contributed by atoms with Gasteiger partial charge in [-0.25, -0.2) is 4.98 Å². The van der Waals surface area contributed by atoms with Crippen LogP contribution in [0.3, 0.4) is 0 Å². The number of methoxy groups -OCH3 is 1. The first-order valence-corrected chi connectivity index (χ1v) is 6.36. The summed E-state index contributed by atoms with van der Waals surface area (Å²) in [7, 11) is 3.69. The smallest absolute Gasteiger partial charge is 0.129 e. The van der Waals surface area contributed by atoms with E-state index in [9.17, 15) is 0 Å². The third-order valence-electron chi connectivity index (χ3n) is 3.11. The second-order valence-corrected chi connectivity index (χ2v) is 4.51. The van der Waals surface area contributed by atoms with Crippen LogP contribution in [-0.2, 0) is 11.3 Å². The number of pyridine rings is 1. The van der Waals surface area contributed by atoms with E-state index in [-0.39, 0.29) is 0 Å². The molecule has 0 aromatic carbocycles. The van der Waals surface area contributed by atoms with Gasteiger partial charge in [0.15, 0.2) is 0 Å². The summed E-state index contributed by atoms with van der Waals surface area (Å²) in [6.07, 6.45) is 3.31. The Morgan fingerprint density at radius 2 is 2.33 bits per heavy atom. The lowest BCUT2D eigenvalue weighted by molar-refractivity contribution is 0.222. The van der Waals surface area contributed by atoms with E-state index in [1.165, 1.54) is 5.57 Å². The van der Waals surface area contributed by atoms with Gasteiger partial charge < -0.3 is 15.0 Å². The Balaban J connectivity index is 2.02. The number of nitrogens with one attached hydrogen (secondary N) is 1. The summed E-state index contributed by atoms with van der Waals surface area (Å²) in [6, 6.07) is 6.20. The van der Waals surface area contributed by atoms with Crippen molar-refractivity contribution in [2.45, 2.75) is 13.0 Å². The SMILES string of the molecule is CNCc1cccc(N2CC=C(COC)CC2)n1. The van der Waals surface area contributed by atoms with E-state index in [2.05, 4.69) is 39.5 Å². The summed E-state index contributed by atoms with van der Waals surface area (Å²) >= 11 is 0. The van der Waals surface area contributed by atoms with Gasteiger partial charge in [0.2, 0.25) is 0 Å². The van der Waals surface area contributed by atoms with Crippen LogP contribution < -0.4 is 10.2 Å². The molecule has 0 spiro atoms. The zero-order valence-electron chi connectivity index (χ0n) is 11.1. The zero-order chi connectivity index (χ0) is 12.8. The molecule has 1 aliphatic heterocycles. The van der Waals surface area contributed by atoms with E-state index in [0.717, 1.165) is 44.2 Å². The predicted molar refractivity (Wildman–Crippen MR) is 73.8 cm³/mol. The van der Waals surface area contributed by atoms with Crippen molar-refractivity contribution in [1.82, 2.24) is 10.3 Å². The van der Waals surface area contributed by atoms with Gasteiger partial charge in [-0.3, -0.25) is 0 Å². The van der Waals surface area contributed by atoms with Gasteiger partial charge in [-0.1, -0.05) is 12.1 Å². The van der Waals surface area contributed by atoms with Crippen LogP contribution in [0.4, 0.5) is 5.82 Å². The molecule has 0 fully saturated rings. The van der Waals surface area contributed by atoms with Crippen LogP contribution in [0.1, 0.15) is 12.1 Å². The van der Waals surface area contributed by atoms with Gasteiger partial charge in [0.05, 0.1) is 12.3 Å². The van der Waals surface area contributed by atoms with Crippen LogP contribution in [0, 0.1) is 0 Å². The van der Waals surface area contributed by atoms with Crippen LogP contribution in [0.5, 0.6) is 0 Å². The molecule has 0 atom stereocenters. The Morgan fingerprint density at radius 3 is 3.00 bits per heavy atom. The van der Waals surface area contributed by atoms with Gasteiger partial charge in [-0.15, -0.1) is 0 Å². The molecule has 2 rings (SSSR count). The van der Waals surface area contributed by atoms with E-state index in [1.54, 1.807) is 7.11 Å². The number of aromatic nitrogens is 1. The standard InChI is InChI=1S/C14H21N3O/c1-15-10-13-4-3-5-14(16-13)17-8-6-12(7-9-17)11-18-2/h3-6,15H,7-11H2,1-2H3. The molecule has 1 aromatic rings. The van der Waals surface area contributed by atoms with Crippen molar-refractivity contribution in [3.05, 3.63) is 35.5 Å². The fourth-order valence-corrected chi connectivity index (χ4v) is 2.16. The Hall–Kier alpha value is -1.39. The molecule has 1 aromatic heterocycles. The number of hydrogen-bond donors (Lipinski definition) is 1. The molecule has 1 aliphatic rings. The highest BCUT2D eigenvalue weighted by Crippen LogP contribution is 2.18. The van der Waals surface area contributed by atoms with Crippen molar-refractivity contribution in [1.29, 1.82) is 0 Å². The van der Waals surface area contributed by atoms with Gasteiger partial charge in [0.1, 0.15) is 5.82 Å². The van der Waals surface area contributed by atoms with Crippen molar-refractivity contribution in [3.8, 4) is 0 Å². The lowest BCUT2D eigenvalue weighted by Crippen LogP contribution is -2.30. The lowest BCUT2D eigenvalue weighted by atomic mass is 10.1. The van der Waals surface area contributed by atoms with Crippen molar-refractivity contribution < 1.29 is 4.74 Å². The first-order valence-electron chi connectivity index (χ1n) is 6.36. The third kappa shape index (κ3) is 3.31. The number of hydrogen-bond acceptors (Lipinski definition) is 4. The topological polar surface area (TPSA) is 37.4 Å². The molecule has 18 heavy (non-hydrogen) atoms. The minimum absolute atomic E-state index is 0.751. The second kappa shape index (κ2) is 6.52. The largest absolute Gasteiger partial charge is 0.380 e. The molecule has 0 saturated carbocycles. The van der Waals surface area contributed by atoms with Crippen LogP contribution in [0.15, 0.2) is 29.8 Å². The predicted octanol–water partition coefficient (Wildman–Crippen LogP) is 1.58. The van der Waals surface area contributed by atoms with Gasteiger partial charge in [-0.2, -0.15) is 0 Å². The van der Waals surface area contributed by atoms with E-state index in [1.807, 2.05) is 7.05 Å². The highest BCUT2D eigenvalue weighted by atomic mass is 16.5. The van der Waals surface area contributed by atoms with Crippen molar-refractivity contribution in [3.63, 3.8) is 0 Å². The molecule has 98 valence electrons. The molecule has 0 saturated heterocycles. The fraction of sp³-hybridized carbons (Fsp3) is 0.500. The third-order valence-corrected chi connectivity index (χ3v) is 3.11. The quantitative estimate of drug-likeness (QED) is 0.802. The first kappa shape index (κ1) is 13.1. The van der Waals surface area contributed by atoms with Gasteiger partial charge in [0.25, 0.3) is 0 Å². The maximum Gasteiger partial charge on any atom is 0.129 e. The molecular formula is C14H21N3O. The molecule has 0 radical (unpaired) electrons. The lowest BCUT2D eigenvalue weighted by Gasteiger charge is -2.27. The maximum absolute atomic E-state index is 5.16. The van der Waals surface area contributed by atoms with E-state index < -0.39 is 0 Å². The normalized spacial score (nSPS) is 15.7. The van der Waals surface area contributed by atoms with E-state index >= 15 is 0 Å². The first-order chi connectivity index (χ1) is 8.83. The zero-order valence-corrected chi connectivity index (χ0v) is 11.1. The van der Waals surface area contributed by atoms with Crippen molar-refractivity contribution in [2.75, 3.05) is 38.8 Å². The Kier molecular flexibility index (Phi) is 4.73. The molecule has 4 nitrogen and oxygen atoms in total. The van der Waals surface area contributed by atoms with Crippen LogP contribution in [-0.4, -0.2) is 38.8 Å². The monoisotopic (exact) mass is 247 g/mol. The number of nitrogens with zero attached hydrogens (tertiary/aromatic N) is 2. The average molecular weight is 247 g/mol. The molecule has 0 bridgehead atoms. The minimum Gasteiger partial charge on any atom is -0.380 e. The molecular weight excluding hydrogens is 226 g/mol. The molecule has 1 N–H and O–H groups in total.